The van der Waals surface area contributed by atoms with Gasteiger partial charge in [0, 0.05) is 12.8 Å². The van der Waals surface area contributed by atoms with Crippen LogP contribution >= 0.6 is 77.4 Å². The summed E-state index contributed by atoms with van der Waals surface area (Å²) in [6.07, 6.45) is 14.7. The van der Waals surface area contributed by atoms with E-state index in [2.05, 4.69) is 19.2 Å². The number of unbranched alkanes of at least 4 members (excludes halogenated alkanes) is 18. The van der Waals surface area contributed by atoms with Crippen LogP contribution in [0.3, 0.4) is 0 Å². The van der Waals surface area contributed by atoms with E-state index in [1.165, 1.54) is 94.9 Å². The largest absolute Gasteiger partial charge is 0.588 e. The monoisotopic (exact) mass is 1150 g/mol. The maximum Gasteiger partial charge on any atom is 0.588 e. The van der Waals surface area contributed by atoms with Crippen molar-refractivity contribution in [2.24, 2.45) is 0 Å². The second kappa shape index (κ2) is 36.1. The van der Waals surface area contributed by atoms with Crippen molar-refractivity contribution >= 4 is 95.4 Å². The maximum atomic E-state index is 15.4. The van der Waals surface area contributed by atoms with Gasteiger partial charge in [0.15, 0.2) is 0 Å². The fraction of sp³-hybridized carbons (Fsp3) is 0.706. The SMILES string of the molecule is CCCCCCCCCCCCCC(=O)O[C@H](CCCCCCCCCCC)CCO[C@@H]1[C@@H](NC(=O)OCC(Cl)(Cl)Cl)[C@@H](OC(=N)C(Cl)(Cl)Cl)O[C@H](CF)[C@H]1OP(=O)(Oc1ccccc1)Oc1ccccc1. The summed E-state index contributed by atoms with van der Waals surface area (Å²) in [7, 11) is -4.86. The Hall–Kier alpha value is -1.97. The predicted molar refractivity (Wildman–Crippen MR) is 286 cm³/mol. The highest BCUT2D eigenvalue weighted by Gasteiger charge is 2.54. The molecule has 1 saturated heterocycles. The third-order valence-electron chi connectivity index (χ3n) is 11.8. The van der Waals surface area contributed by atoms with Gasteiger partial charge in [0.2, 0.25) is 16.0 Å². The van der Waals surface area contributed by atoms with Crippen molar-refractivity contribution < 1.29 is 55.8 Å². The fourth-order valence-electron chi connectivity index (χ4n) is 8.01. The van der Waals surface area contributed by atoms with Crippen molar-refractivity contribution in [3.63, 3.8) is 0 Å². The molecule has 2 aromatic rings. The zero-order valence-corrected chi connectivity index (χ0v) is 47.1. The van der Waals surface area contributed by atoms with Crippen molar-refractivity contribution in [1.29, 1.82) is 5.41 Å². The number of amides is 1. The van der Waals surface area contributed by atoms with Crippen molar-refractivity contribution in [2.45, 2.75) is 206 Å². The Balaban J connectivity index is 1.92. The van der Waals surface area contributed by atoms with Gasteiger partial charge < -0.3 is 38.0 Å². The minimum Gasteiger partial charge on any atom is -0.462 e. The summed E-state index contributed by atoms with van der Waals surface area (Å²) in [6, 6.07) is 14.3. The Bertz CT molecular complexity index is 1790. The molecule has 6 atom stereocenters. The standard InChI is InChI=1S/C51H76Cl6FN2O11P/c1-3-5-7-9-11-13-14-16-18-20-28-34-43(61)66-39(29-23-19-17-15-12-10-8-6-4-2)35-36-64-46-44(60-49(62)65-38-50(52,53)54)47(68-48(59)51(55,56)57)67-42(37-58)45(46)71-72(63,69-40-30-24-21-25-31-40)70-41-32-26-22-27-33-41/h21-22,24-27,30-33,39,42,44-47,59H,3-20,23,28-29,34-38H2,1-2H3,(H,60,62)/t39-,42-,44-,45-,46-,47-/m1/s1. The molecule has 1 fully saturated rings. The predicted octanol–water partition coefficient (Wildman–Crippen LogP) is 16.5. The lowest BCUT2D eigenvalue weighted by molar-refractivity contribution is -0.249. The second-order valence-corrected chi connectivity index (χ2v) is 24.2. The van der Waals surface area contributed by atoms with Gasteiger partial charge in [-0.2, -0.15) is 0 Å². The molecule has 0 bridgehead atoms. The number of carbonyl (C=O) groups excluding carboxylic acids is 2. The second-order valence-electron chi connectivity index (χ2n) is 18.0. The molecule has 1 amide bonds. The number of hydrogen-bond donors (Lipinski definition) is 2. The van der Waals surface area contributed by atoms with E-state index in [9.17, 15) is 14.2 Å². The number of nitrogens with one attached hydrogen (secondary N) is 2. The van der Waals surface area contributed by atoms with Gasteiger partial charge in [-0.25, -0.2) is 13.8 Å². The van der Waals surface area contributed by atoms with Gasteiger partial charge in [-0.15, -0.1) is 0 Å². The Morgan fingerprint density at radius 2 is 1.19 bits per heavy atom. The normalized spacial score (nSPS) is 18.8. The first-order chi connectivity index (χ1) is 34.5. The van der Waals surface area contributed by atoms with Crippen LogP contribution in [-0.4, -0.2) is 82.2 Å². The first-order valence-electron chi connectivity index (χ1n) is 25.6. The smallest absolute Gasteiger partial charge is 0.462 e. The molecule has 13 nitrogen and oxygen atoms in total. The Labute approximate surface area is 457 Å². The molecule has 1 heterocycles. The number of halogens is 7. The van der Waals surface area contributed by atoms with Crippen LogP contribution in [0.15, 0.2) is 60.7 Å². The topological polar surface area (TPSA) is 161 Å². The van der Waals surface area contributed by atoms with E-state index in [1.54, 1.807) is 36.4 Å². The molecule has 3 rings (SSSR count). The third kappa shape index (κ3) is 27.7. The average molecular weight is 1160 g/mol. The molecule has 410 valence electrons. The molecule has 2 aromatic carbocycles. The van der Waals surface area contributed by atoms with Crippen LogP contribution in [-0.2, 0) is 37.6 Å². The lowest BCUT2D eigenvalue weighted by Crippen LogP contribution is -2.66. The van der Waals surface area contributed by atoms with E-state index in [0.717, 1.165) is 51.4 Å². The number of esters is 1. The van der Waals surface area contributed by atoms with Crippen LogP contribution in [0.2, 0.25) is 0 Å². The summed E-state index contributed by atoms with van der Waals surface area (Å²) in [4.78, 5) is 26.9. The van der Waals surface area contributed by atoms with E-state index in [1.807, 2.05) is 0 Å². The molecule has 0 radical (unpaired) electrons. The van der Waals surface area contributed by atoms with Crippen LogP contribution < -0.4 is 14.4 Å². The molecule has 1 aliphatic heterocycles. The van der Waals surface area contributed by atoms with Gasteiger partial charge in [0.25, 0.3) is 3.79 Å². The van der Waals surface area contributed by atoms with Gasteiger partial charge in [0.05, 0.1) is 6.61 Å². The van der Waals surface area contributed by atoms with Crippen LogP contribution in [0.1, 0.15) is 162 Å². The summed E-state index contributed by atoms with van der Waals surface area (Å²) in [5.41, 5.74) is 0. The molecule has 0 aliphatic carbocycles. The van der Waals surface area contributed by atoms with Crippen molar-refractivity contribution in [2.75, 3.05) is 19.9 Å². The quantitative estimate of drug-likeness (QED) is 0.0165. The third-order valence-corrected chi connectivity index (χ3v) is 14.0. The van der Waals surface area contributed by atoms with Gasteiger partial charge in [-0.05, 0) is 43.5 Å². The number of phosphoric ester groups is 1. The van der Waals surface area contributed by atoms with Crippen LogP contribution in [0.5, 0.6) is 11.5 Å². The van der Waals surface area contributed by atoms with Crippen molar-refractivity contribution in [3.8, 4) is 11.5 Å². The number of rotatable bonds is 37. The minimum atomic E-state index is -4.86. The number of carbonyl (C=O) groups is 2. The molecule has 0 aromatic heterocycles. The van der Waals surface area contributed by atoms with Gasteiger partial charge in [0.1, 0.15) is 55.2 Å². The van der Waals surface area contributed by atoms with Crippen LogP contribution in [0, 0.1) is 5.41 Å². The molecular weight excluding hydrogens is 1080 g/mol. The lowest BCUT2D eigenvalue weighted by Gasteiger charge is -2.45. The van der Waals surface area contributed by atoms with Crippen molar-refractivity contribution in [1.82, 2.24) is 5.32 Å². The number of ether oxygens (including phenoxy) is 5. The zero-order chi connectivity index (χ0) is 52.7. The molecule has 2 N–H and O–H groups in total. The minimum absolute atomic E-state index is 0.0689. The van der Waals surface area contributed by atoms with E-state index >= 15 is 4.39 Å². The molecule has 1 aliphatic rings. The lowest BCUT2D eigenvalue weighted by atomic mass is 9.96. The molecular formula is C51H76Cl6FN2O11P. The Morgan fingerprint density at radius 3 is 1.67 bits per heavy atom. The molecule has 0 unspecified atom stereocenters. The Kier molecular flexibility index (Phi) is 32.3. The molecule has 0 spiro atoms. The highest BCUT2D eigenvalue weighted by Crippen LogP contribution is 2.52. The first-order valence-corrected chi connectivity index (χ1v) is 29.3. The van der Waals surface area contributed by atoms with Crippen LogP contribution in [0.25, 0.3) is 0 Å². The number of hydrogen-bond acceptors (Lipinski definition) is 12. The zero-order valence-electron chi connectivity index (χ0n) is 41.7. The summed E-state index contributed by atoms with van der Waals surface area (Å²) >= 11 is 35.6. The number of alkyl carbamates (subject to hydrolysis) is 1. The Morgan fingerprint density at radius 1 is 0.708 bits per heavy atom. The summed E-state index contributed by atoms with van der Waals surface area (Å²) < 4.78 is 73.3. The van der Waals surface area contributed by atoms with E-state index in [4.69, 9.17) is 112 Å². The highest BCUT2D eigenvalue weighted by molar-refractivity contribution is 7.49. The average Bonchev–Trinajstić information content (AvgIpc) is 3.33. The summed E-state index contributed by atoms with van der Waals surface area (Å²) in [6.45, 7) is 2.17. The number of benzene rings is 2. The van der Waals surface area contributed by atoms with E-state index in [-0.39, 0.29) is 36.9 Å². The van der Waals surface area contributed by atoms with Gasteiger partial charge in [-0.3, -0.25) is 14.7 Å². The van der Waals surface area contributed by atoms with E-state index in [0.29, 0.717) is 12.8 Å². The first kappa shape index (κ1) is 64.3. The molecule has 72 heavy (non-hydrogen) atoms. The number of para-hydroxylation sites is 2. The molecule has 21 heteroatoms. The van der Waals surface area contributed by atoms with Gasteiger partial charge >= 0.3 is 19.9 Å². The fourth-order valence-corrected chi connectivity index (χ4v) is 9.74. The van der Waals surface area contributed by atoms with Gasteiger partial charge in [-0.1, -0.05) is 235 Å². The number of phosphoric acid groups is 1. The maximum absolute atomic E-state index is 15.4. The molecule has 0 saturated carbocycles. The van der Waals surface area contributed by atoms with Crippen molar-refractivity contribution in [3.05, 3.63) is 60.7 Å². The summed E-state index contributed by atoms with van der Waals surface area (Å²) in [5.74, 6) is -1.16. The van der Waals surface area contributed by atoms with E-state index < -0.39 is 77.4 Å². The highest BCUT2D eigenvalue weighted by atomic mass is 35.6. The number of alkyl halides is 7. The van der Waals surface area contributed by atoms with Crippen LogP contribution in [0.4, 0.5) is 9.18 Å². The summed E-state index contributed by atoms with van der Waals surface area (Å²) in [5, 5.41) is 10.9.